The molecule has 2 aromatic carbocycles. The molecule has 0 aliphatic rings. The lowest BCUT2D eigenvalue weighted by molar-refractivity contribution is 1.13. The van der Waals surface area contributed by atoms with E-state index >= 15 is 0 Å². The van der Waals surface area contributed by atoms with Gasteiger partial charge in [0, 0.05) is 35.9 Å². The highest BCUT2D eigenvalue weighted by molar-refractivity contribution is 6.30. The van der Waals surface area contributed by atoms with Crippen molar-refractivity contribution >= 4 is 34.1 Å². The van der Waals surface area contributed by atoms with Crippen LogP contribution in [-0.4, -0.2) is 29.0 Å². The second kappa shape index (κ2) is 6.85. The molecule has 2 N–H and O–H groups in total. The zero-order valence-corrected chi connectivity index (χ0v) is 15.8. The number of pyridine rings is 1. The molecule has 0 amide bonds. The van der Waals surface area contributed by atoms with Crippen LogP contribution in [-0.2, 0) is 0 Å². The molecule has 6 heteroatoms. The number of hydrogen-bond acceptors (Lipinski definition) is 5. The van der Waals surface area contributed by atoms with E-state index in [1.807, 2.05) is 44.4 Å². The highest BCUT2D eigenvalue weighted by Crippen LogP contribution is 2.35. The van der Waals surface area contributed by atoms with E-state index < -0.39 is 0 Å². The summed E-state index contributed by atoms with van der Waals surface area (Å²) in [5.74, 6) is 0.408. The fourth-order valence-corrected chi connectivity index (χ4v) is 3.21. The van der Waals surface area contributed by atoms with Gasteiger partial charge in [-0.15, -0.1) is 0 Å². The second-order valence-corrected chi connectivity index (χ2v) is 6.90. The predicted molar refractivity (Wildman–Crippen MR) is 112 cm³/mol. The number of rotatable bonds is 3. The first kappa shape index (κ1) is 17.2. The van der Waals surface area contributed by atoms with E-state index in [4.69, 9.17) is 22.3 Å². The Morgan fingerprint density at radius 2 is 1.70 bits per heavy atom. The molecule has 2 aromatic heterocycles. The van der Waals surface area contributed by atoms with Crippen LogP contribution < -0.4 is 10.6 Å². The minimum absolute atomic E-state index is 0.408. The Bertz CT molecular complexity index is 1120. The van der Waals surface area contributed by atoms with Gasteiger partial charge >= 0.3 is 0 Å². The van der Waals surface area contributed by atoms with Crippen LogP contribution in [0.25, 0.3) is 33.4 Å². The van der Waals surface area contributed by atoms with E-state index in [9.17, 15) is 0 Å². The van der Waals surface area contributed by atoms with Crippen molar-refractivity contribution < 1.29 is 0 Å². The first-order valence-corrected chi connectivity index (χ1v) is 8.85. The highest BCUT2D eigenvalue weighted by Gasteiger charge is 2.14. The lowest BCUT2D eigenvalue weighted by Crippen LogP contribution is -2.08. The van der Waals surface area contributed by atoms with Gasteiger partial charge in [-0.3, -0.25) is 0 Å². The fourth-order valence-electron chi connectivity index (χ4n) is 3.02. The first-order chi connectivity index (χ1) is 13.0. The molecule has 0 aliphatic heterocycles. The zero-order valence-electron chi connectivity index (χ0n) is 15.0. The maximum atomic E-state index is 6.22. The van der Waals surface area contributed by atoms with Crippen LogP contribution in [0.2, 0.25) is 5.02 Å². The maximum Gasteiger partial charge on any atom is 0.165 e. The zero-order chi connectivity index (χ0) is 19.0. The topological polar surface area (TPSA) is 67.9 Å². The summed E-state index contributed by atoms with van der Waals surface area (Å²) in [7, 11) is 4.03. The SMILES string of the molecule is CN(C)c1ccc(-c2nc3ncnc(N)c3cc2-c2cccc(Cl)c2)cc1. The Morgan fingerprint density at radius 1 is 0.926 bits per heavy atom. The molecule has 0 atom stereocenters. The van der Waals surface area contributed by atoms with Crippen LogP contribution in [0.5, 0.6) is 0 Å². The standard InChI is InChI=1S/C21H18ClN5/c1-27(2)16-8-6-13(7-9-16)19-17(14-4-3-5-15(22)10-14)11-18-20(23)24-12-25-21(18)26-19/h3-12H,1-2H3,(H2,23,24,25,26). The molecule has 0 bridgehead atoms. The molecule has 0 unspecified atom stereocenters. The molecule has 0 radical (unpaired) electrons. The Kier molecular flexibility index (Phi) is 4.38. The molecule has 4 aromatic rings. The van der Waals surface area contributed by atoms with Gasteiger partial charge in [0.2, 0.25) is 0 Å². The third kappa shape index (κ3) is 3.29. The number of benzene rings is 2. The molecule has 5 nitrogen and oxygen atoms in total. The summed E-state index contributed by atoms with van der Waals surface area (Å²) in [4.78, 5) is 15.2. The van der Waals surface area contributed by atoms with E-state index in [0.29, 0.717) is 16.5 Å². The summed E-state index contributed by atoms with van der Waals surface area (Å²) in [6, 6.07) is 17.9. The van der Waals surface area contributed by atoms with E-state index in [2.05, 4.69) is 39.1 Å². The summed E-state index contributed by atoms with van der Waals surface area (Å²) in [6.07, 6.45) is 1.43. The van der Waals surface area contributed by atoms with Crippen molar-refractivity contribution in [3.63, 3.8) is 0 Å². The molecule has 0 saturated carbocycles. The Hall–Kier alpha value is -3.18. The number of nitrogens with two attached hydrogens (primary N) is 1. The maximum absolute atomic E-state index is 6.22. The van der Waals surface area contributed by atoms with Crippen molar-refractivity contribution in [2.24, 2.45) is 0 Å². The molecule has 27 heavy (non-hydrogen) atoms. The van der Waals surface area contributed by atoms with Crippen molar-refractivity contribution in [3.05, 3.63) is 65.9 Å². The van der Waals surface area contributed by atoms with Gasteiger partial charge in [-0.2, -0.15) is 0 Å². The Morgan fingerprint density at radius 3 is 2.41 bits per heavy atom. The van der Waals surface area contributed by atoms with Crippen LogP contribution >= 0.6 is 11.6 Å². The van der Waals surface area contributed by atoms with Crippen molar-refractivity contribution in [2.45, 2.75) is 0 Å². The molecule has 0 spiro atoms. The van der Waals surface area contributed by atoms with E-state index in [0.717, 1.165) is 33.5 Å². The summed E-state index contributed by atoms with van der Waals surface area (Å²) < 4.78 is 0. The van der Waals surface area contributed by atoms with E-state index in [1.165, 1.54) is 6.33 Å². The molecule has 4 rings (SSSR count). The van der Waals surface area contributed by atoms with E-state index in [1.54, 1.807) is 0 Å². The number of aromatic nitrogens is 3. The van der Waals surface area contributed by atoms with Gasteiger partial charge in [0.05, 0.1) is 11.1 Å². The molecule has 0 saturated heterocycles. The van der Waals surface area contributed by atoms with Crippen LogP contribution in [0.4, 0.5) is 11.5 Å². The smallest absolute Gasteiger partial charge is 0.165 e. The van der Waals surface area contributed by atoms with Crippen LogP contribution in [0.1, 0.15) is 0 Å². The number of fused-ring (bicyclic) bond motifs is 1. The summed E-state index contributed by atoms with van der Waals surface area (Å²) in [5.41, 5.74) is 11.5. The highest BCUT2D eigenvalue weighted by atomic mass is 35.5. The van der Waals surface area contributed by atoms with E-state index in [-0.39, 0.29) is 0 Å². The Balaban J connectivity index is 1.98. The Labute approximate surface area is 162 Å². The summed E-state index contributed by atoms with van der Waals surface area (Å²) >= 11 is 6.22. The predicted octanol–water partition coefficient (Wildman–Crippen LogP) is 4.66. The number of nitrogen functional groups attached to an aromatic ring is 1. The van der Waals surface area contributed by atoms with Gasteiger partial charge < -0.3 is 10.6 Å². The summed E-state index contributed by atoms with van der Waals surface area (Å²) in [5, 5.41) is 1.39. The molecule has 0 fully saturated rings. The van der Waals surface area contributed by atoms with Crippen molar-refractivity contribution in [1.82, 2.24) is 15.0 Å². The average molecular weight is 376 g/mol. The van der Waals surface area contributed by atoms with Gasteiger partial charge in [-0.25, -0.2) is 15.0 Å². The monoisotopic (exact) mass is 375 g/mol. The normalized spacial score (nSPS) is 10.9. The van der Waals surface area contributed by atoms with Crippen molar-refractivity contribution in [1.29, 1.82) is 0 Å². The number of anilines is 2. The fraction of sp³-hybridized carbons (Fsp3) is 0.0952. The van der Waals surface area contributed by atoms with Gasteiger partial charge in [0.15, 0.2) is 5.65 Å². The molecule has 134 valence electrons. The third-order valence-corrected chi connectivity index (χ3v) is 4.68. The lowest BCUT2D eigenvalue weighted by atomic mass is 9.98. The van der Waals surface area contributed by atoms with Gasteiger partial charge in [-0.05, 0) is 35.9 Å². The second-order valence-electron chi connectivity index (χ2n) is 6.47. The number of halogens is 1. The summed E-state index contributed by atoms with van der Waals surface area (Å²) in [6.45, 7) is 0. The van der Waals surface area contributed by atoms with Crippen molar-refractivity contribution in [3.8, 4) is 22.4 Å². The van der Waals surface area contributed by atoms with Crippen LogP contribution in [0.15, 0.2) is 60.9 Å². The minimum atomic E-state index is 0.408. The van der Waals surface area contributed by atoms with Crippen molar-refractivity contribution in [2.75, 3.05) is 24.7 Å². The molecular weight excluding hydrogens is 358 g/mol. The van der Waals surface area contributed by atoms with Gasteiger partial charge in [-0.1, -0.05) is 35.9 Å². The van der Waals surface area contributed by atoms with Crippen LogP contribution in [0.3, 0.4) is 0 Å². The third-order valence-electron chi connectivity index (χ3n) is 4.45. The number of hydrogen-bond donors (Lipinski definition) is 1. The largest absolute Gasteiger partial charge is 0.383 e. The van der Waals surface area contributed by atoms with Gasteiger partial charge in [0.25, 0.3) is 0 Å². The average Bonchev–Trinajstić information content (AvgIpc) is 2.67. The van der Waals surface area contributed by atoms with Gasteiger partial charge in [0.1, 0.15) is 12.1 Å². The molecular formula is C21H18ClN5. The first-order valence-electron chi connectivity index (χ1n) is 8.48. The lowest BCUT2D eigenvalue weighted by Gasteiger charge is -2.15. The molecule has 0 aliphatic carbocycles. The molecule has 2 heterocycles. The number of nitrogens with zero attached hydrogens (tertiary/aromatic N) is 4. The van der Waals surface area contributed by atoms with Crippen LogP contribution in [0, 0.1) is 0 Å². The minimum Gasteiger partial charge on any atom is -0.383 e. The quantitative estimate of drug-likeness (QED) is 0.564.